The summed E-state index contributed by atoms with van der Waals surface area (Å²) >= 11 is 3.40. The quantitative estimate of drug-likeness (QED) is 0.122. The fraction of sp³-hybridized carbons (Fsp3) is 0.250. The second-order valence-corrected chi connectivity index (χ2v) is 11.1. The number of amides is 3. The Balaban J connectivity index is 1.57. The van der Waals surface area contributed by atoms with Gasteiger partial charge in [0, 0.05) is 34.4 Å². The lowest BCUT2D eigenvalue weighted by atomic mass is 10.0. The van der Waals surface area contributed by atoms with Crippen LogP contribution in [0.4, 0.5) is 0 Å². The third-order valence-corrected chi connectivity index (χ3v) is 7.52. The van der Waals surface area contributed by atoms with Gasteiger partial charge in [-0.05, 0) is 41.3 Å². The van der Waals surface area contributed by atoms with Crippen molar-refractivity contribution in [3.63, 3.8) is 0 Å². The van der Waals surface area contributed by atoms with Gasteiger partial charge < -0.3 is 31.8 Å². The van der Waals surface area contributed by atoms with E-state index in [4.69, 9.17) is 5.73 Å². The molecule has 1 aromatic heterocycles. The number of nitrogens with two attached hydrogens (primary N) is 1. The van der Waals surface area contributed by atoms with Crippen molar-refractivity contribution < 1.29 is 24.3 Å². The number of hydrogen-bond acceptors (Lipinski definition) is 6. The molecule has 0 fully saturated rings. The minimum atomic E-state index is -1.26. The first-order valence-corrected chi connectivity index (χ1v) is 14.5. The molecule has 3 amide bonds. The molecule has 0 aliphatic rings. The number of aromatic amines is 1. The number of fused-ring (bicyclic) bond motifs is 1. The second kappa shape index (κ2) is 15.2. The first-order chi connectivity index (χ1) is 20.8. The number of carbonyl (C=O) groups excluding carboxylic acids is 4. The normalized spacial score (nSPS) is 13.8. The van der Waals surface area contributed by atoms with Crippen LogP contribution < -0.4 is 21.7 Å². The molecular weight excluding hydrogens is 614 g/mol. The summed E-state index contributed by atoms with van der Waals surface area (Å²) in [6, 6.07) is 19.7. The molecule has 0 aliphatic carbocycles. The molecule has 4 rings (SSSR count). The number of aliphatic hydroxyl groups is 1. The molecule has 3 aromatic carbocycles. The molecule has 0 saturated carbocycles. The highest BCUT2D eigenvalue weighted by atomic mass is 79.9. The summed E-state index contributed by atoms with van der Waals surface area (Å²) < 4.78 is 0.854. The van der Waals surface area contributed by atoms with E-state index in [9.17, 15) is 24.3 Å². The fourth-order valence-electron chi connectivity index (χ4n) is 4.69. The number of halogens is 1. The van der Waals surface area contributed by atoms with Crippen LogP contribution in [-0.4, -0.2) is 64.9 Å². The molecule has 7 N–H and O–H groups in total. The van der Waals surface area contributed by atoms with Gasteiger partial charge in [-0.3, -0.25) is 19.2 Å². The zero-order chi connectivity index (χ0) is 30.8. The van der Waals surface area contributed by atoms with E-state index in [1.165, 1.54) is 0 Å². The minimum Gasteiger partial charge on any atom is -0.394 e. The average molecular weight is 648 g/mol. The predicted molar refractivity (Wildman–Crippen MR) is 167 cm³/mol. The van der Waals surface area contributed by atoms with Crippen LogP contribution in [0.5, 0.6) is 0 Å². The van der Waals surface area contributed by atoms with E-state index in [2.05, 4.69) is 36.9 Å². The SMILES string of the molecule is N[C@H](Cc1ccccc1)C(=O)N[C@@H](Cc1ccc(Br)cc1)C(=O)N[C@H](Cc1c[nH]c2ccccc12)C(=O)N[C@H]([C]=O)CO. The molecule has 43 heavy (non-hydrogen) atoms. The van der Waals surface area contributed by atoms with Crippen molar-refractivity contribution in [2.24, 2.45) is 5.73 Å². The fourth-order valence-corrected chi connectivity index (χ4v) is 4.96. The highest BCUT2D eigenvalue weighted by molar-refractivity contribution is 9.10. The number of rotatable bonds is 14. The summed E-state index contributed by atoms with van der Waals surface area (Å²) in [4.78, 5) is 54.6. The van der Waals surface area contributed by atoms with Gasteiger partial charge in [0.2, 0.25) is 24.0 Å². The van der Waals surface area contributed by atoms with Crippen molar-refractivity contribution in [1.29, 1.82) is 0 Å². The molecule has 0 bridgehead atoms. The molecule has 0 spiro atoms. The molecule has 11 heteroatoms. The van der Waals surface area contributed by atoms with E-state index in [0.29, 0.717) is 0 Å². The molecule has 0 unspecified atom stereocenters. The van der Waals surface area contributed by atoms with E-state index in [1.54, 1.807) is 12.5 Å². The number of hydrogen-bond donors (Lipinski definition) is 6. The van der Waals surface area contributed by atoms with Gasteiger partial charge in [-0.1, -0.05) is 76.6 Å². The molecule has 1 radical (unpaired) electrons. The van der Waals surface area contributed by atoms with Crippen LogP contribution in [0, 0.1) is 0 Å². The van der Waals surface area contributed by atoms with Gasteiger partial charge in [-0.25, -0.2) is 0 Å². The lowest BCUT2D eigenvalue weighted by molar-refractivity contribution is -0.132. The molecule has 0 saturated heterocycles. The summed E-state index contributed by atoms with van der Waals surface area (Å²) in [5.41, 5.74) is 9.47. The van der Waals surface area contributed by atoms with Crippen molar-refractivity contribution in [2.75, 3.05) is 6.61 Å². The van der Waals surface area contributed by atoms with Crippen LogP contribution in [0.15, 0.2) is 89.5 Å². The van der Waals surface area contributed by atoms with Crippen molar-refractivity contribution >= 4 is 50.8 Å². The van der Waals surface area contributed by atoms with E-state index >= 15 is 0 Å². The van der Waals surface area contributed by atoms with Crippen LogP contribution in [0.2, 0.25) is 0 Å². The number of aliphatic hydroxyl groups excluding tert-OH is 1. The number of nitrogens with one attached hydrogen (secondary N) is 4. The standard InChI is InChI=1S/C32H33BrN5O5/c33-23-12-10-21(11-13-23)15-28(37-30(41)26(34)14-20-6-2-1-3-7-20)32(43)38-29(31(42)36-24(18-39)19-40)16-22-17-35-27-9-5-4-8-25(22)27/h1-13,17,24,26,28-29,35,39H,14-16,18,34H2,(H,36,42)(H,37,41)(H,38,43)/t24-,26+,28-,29+/m0/s1. The topological polar surface area (TPSA) is 166 Å². The zero-order valence-electron chi connectivity index (χ0n) is 23.3. The Morgan fingerprint density at radius 3 is 2.09 bits per heavy atom. The largest absolute Gasteiger partial charge is 0.394 e. The third kappa shape index (κ3) is 8.84. The van der Waals surface area contributed by atoms with Gasteiger partial charge in [0.05, 0.1) is 12.6 Å². The van der Waals surface area contributed by atoms with Crippen LogP contribution in [-0.2, 0) is 38.4 Å². The molecule has 4 atom stereocenters. The summed E-state index contributed by atoms with van der Waals surface area (Å²) in [6.07, 6.45) is 3.80. The van der Waals surface area contributed by atoms with E-state index in [0.717, 1.165) is 32.1 Å². The molecule has 10 nitrogen and oxygen atoms in total. The Labute approximate surface area is 257 Å². The van der Waals surface area contributed by atoms with Crippen molar-refractivity contribution in [2.45, 2.75) is 43.4 Å². The van der Waals surface area contributed by atoms with Gasteiger partial charge in [-0.2, -0.15) is 0 Å². The Morgan fingerprint density at radius 2 is 1.40 bits per heavy atom. The highest BCUT2D eigenvalue weighted by Gasteiger charge is 2.30. The van der Waals surface area contributed by atoms with Crippen LogP contribution in [0.1, 0.15) is 16.7 Å². The van der Waals surface area contributed by atoms with Gasteiger partial charge >= 0.3 is 0 Å². The number of benzene rings is 3. The van der Waals surface area contributed by atoms with Gasteiger partial charge in [-0.15, -0.1) is 0 Å². The van der Waals surface area contributed by atoms with Gasteiger partial charge in [0.25, 0.3) is 0 Å². The minimum absolute atomic E-state index is 0.0745. The lowest BCUT2D eigenvalue weighted by Crippen LogP contribution is -2.58. The van der Waals surface area contributed by atoms with Gasteiger partial charge in [0.1, 0.15) is 18.1 Å². The summed E-state index contributed by atoms with van der Waals surface area (Å²) in [5, 5.41) is 18.2. The monoisotopic (exact) mass is 646 g/mol. The maximum atomic E-state index is 13.8. The Bertz CT molecular complexity index is 1540. The van der Waals surface area contributed by atoms with E-state index in [-0.39, 0.29) is 19.3 Å². The molecule has 0 aliphatic heterocycles. The molecular formula is C32H33BrN5O5. The molecule has 223 valence electrons. The average Bonchev–Trinajstić information content (AvgIpc) is 3.43. The van der Waals surface area contributed by atoms with Crippen LogP contribution in [0.25, 0.3) is 10.9 Å². The van der Waals surface area contributed by atoms with Crippen LogP contribution in [0.3, 0.4) is 0 Å². The second-order valence-electron chi connectivity index (χ2n) is 10.2. The van der Waals surface area contributed by atoms with Crippen LogP contribution >= 0.6 is 15.9 Å². The van der Waals surface area contributed by atoms with E-state index < -0.39 is 48.5 Å². The van der Waals surface area contributed by atoms with Crippen molar-refractivity contribution in [3.8, 4) is 0 Å². The summed E-state index contributed by atoms with van der Waals surface area (Å²) in [6.45, 7) is -0.648. The smallest absolute Gasteiger partial charge is 0.243 e. The summed E-state index contributed by atoms with van der Waals surface area (Å²) in [7, 11) is 0. The predicted octanol–water partition coefficient (Wildman–Crippen LogP) is 1.84. The number of carbonyl (C=O) groups is 3. The first-order valence-electron chi connectivity index (χ1n) is 13.8. The lowest BCUT2D eigenvalue weighted by Gasteiger charge is -2.25. The summed E-state index contributed by atoms with van der Waals surface area (Å²) in [5.74, 6) is -1.82. The first kappa shape index (κ1) is 31.6. The molecule has 4 aromatic rings. The number of H-pyrrole nitrogens is 1. The zero-order valence-corrected chi connectivity index (χ0v) is 24.8. The number of aromatic nitrogens is 1. The van der Waals surface area contributed by atoms with E-state index in [1.807, 2.05) is 78.9 Å². The van der Waals surface area contributed by atoms with Gasteiger partial charge in [0.15, 0.2) is 0 Å². The maximum absolute atomic E-state index is 13.8. The third-order valence-electron chi connectivity index (χ3n) is 6.99. The molecule has 1 heterocycles. The Kier molecular flexibility index (Phi) is 11.2. The van der Waals surface area contributed by atoms with Crippen molar-refractivity contribution in [3.05, 3.63) is 106 Å². The maximum Gasteiger partial charge on any atom is 0.243 e. The Morgan fingerprint density at radius 1 is 0.791 bits per heavy atom. The Hall–Kier alpha value is -4.32. The van der Waals surface area contributed by atoms with Crippen molar-refractivity contribution in [1.82, 2.24) is 20.9 Å². The number of para-hydroxylation sites is 1. The highest BCUT2D eigenvalue weighted by Crippen LogP contribution is 2.19.